The monoisotopic (exact) mass is 240 g/mol. The largest absolute Gasteiger partial charge is 0.386 e. The number of hydrogen-bond acceptors (Lipinski definition) is 2. The fourth-order valence-corrected chi connectivity index (χ4v) is 2.25. The summed E-state index contributed by atoms with van der Waals surface area (Å²) in [6, 6.07) is 0. The Morgan fingerprint density at radius 1 is 1.29 bits per heavy atom. The first-order valence-electron chi connectivity index (χ1n) is 7.28. The maximum atomic E-state index is 10.1. The van der Waals surface area contributed by atoms with Crippen LogP contribution in [0.4, 0.5) is 0 Å². The second-order valence-corrected chi connectivity index (χ2v) is 4.98. The fraction of sp³-hybridized carbons (Fsp3) is 0.867. The zero-order chi connectivity index (χ0) is 12.5. The minimum atomic E-state index is -0.357. The van der Waals surface area contributed by atoms with E-state index in [0.29, 0.717) is 0 Å². The van der Waals surface area contributed by atoms with E-state index >= 15 is 0 Å². The molecule has 100 valence electrons. The van der Waals surface area contributed by atoms with Gasteiger partial charge in [0.15, 0.2) is 0 Å². The third kappa shape index (κ3) is 5.22. The van der Waals surface area contributed by atoms with Crippen molar-refractivity contribution in [3.8, 4) is 0 Å². The van der Waals surface area contributed by atoms with Crippen molar-refractivity contribution in [2.75, 3.05) is 6.61 Å². The molecule has 1 heterocycles. The first kappa shape index (κ1) is 14.7. The van der Waals surface area contributed by atoms with Gasteiger partial charge in [-0.15, -0.1) is 0 Å². The van der Waals surface area contributed by atoms with Crippen LogP contribution in [-0.2, 0) is 4.74 Å². The second kappa shape index (κ2) is 8.71. The minimum absolute atomic E-state index is 0.0706. The third-order valence-electron chi connectivity index (χ3n) is 3.59. The molecule has 1 saturated heterocycles. The predicted molar refractivity (Wildman–Crippen MR) is 72.1 cm³/mol. The van der Waals surface area contributed by atoms with Gasteiger partial charge in [0.25, 0.3) is 0 Å². The van der Waals surface area contributed by atoms with Gasteiger partial charge in [0.05, 0.1) is 6.10 Å². The molecule has 1 aliphatic rings. The third-order valence-corrected chi connectivity index (χ3v) is 3.59. The Bertz CT molecular complexity index is 219. The van der Waals surface area contributed by atoms with E-state index in [1.165, 1.54) is 37.7 Å². The normalized spacial score (nSPS) is 22.3. The highest BCUT2D eigenvalue weighted by Crippen LogP contribution is 2.22. The van der Waals surface area contributed by atoms with Crippen LogP contribution in [0.3, 0.4) is 0 Å². The van der Waals surface area contributed by atoms with Crippen LogP contribution in [0.2, 0.25) is 0 Å². The number of aliphatic hydroxyl groups is 1. The smallest absolute Gasteiger partial charge is 0.101 e. The number of ether oxygens (including phenoxy) is 1. The standard InChI is InChI=1S/C15H28O2/c1-3-5-6-7-8-9-10-13(4-2)15(16)14-11-12-17-14/h10,14-16H,3-9,11-12H2,1-2H3. The summed E-state index contributed by atoms with van der Waals surface area (Å²) in [7, 11) is 0. The Morgan fingerprint density at radius 3 is 2.53 bits per heavy atom. The summed E-state index contributed by atoms with van der Waals surface area (Å²) in [6.45, 7) is 5.17. The Hall–Kier alpha value is -0.340. The highest BCUT2D eigenvalue weighted by molar-refractivity contribution is 5.10. The number of hydrogen-bond donors (Lipinski definition) is 1. The van der Waals surface area contributed by atoms with Crippen molar-refractivity contribution in [1.82, 2.24) is 0 Å². The summed E-state index contributed by atoms with van der Waals surface area (Å²) in [5.74, 6) is 0. The lowest BCUT2D eigenvalue weighted by molar-refractivity contribution is -0.105. The van der Waals surface area contributed by atoms with Gasteiger partial charge in [-0.1, -0.05) is 45.6 Å². The van der Waals surface area contributed by atoms with Crippen LogP contribution in [0.25, 0.3) is 0 Å². The molecule has 0 aromatic heterocycles. The van der Waals surface area contributed by atoms with Crippen molar-refractivity contribution in [3.63, 3.8) is 0 Å². The molecular formula is C15H28O2. The van der Waals surface area contributed by atoms with Crippen molar-refractivity contribution in [2.45, 2.75) is 77.4 Å². The van der Waals surface area contributed by atoms with Gasteiger partial charge in [0.1, 0.15) is 6.10 Å². The molecule has 0 aromatic rings. The van der Waals surface area contributed by atoms with Gasteiger partial charge >= 0.3 is 0 Å². The van der Waals surface area contributed by atoms with E-state index in [1.54, 1.807) is 0 Å². The molecule has 0 saturated carbocycles. The number of allylic oxidation sites excluding steroid dienone is 1. The van der Waals surface area contributed by atoms with Crippen molar-refractivity contribution in [3.05, 3.63) is 11.6 Å². The summed E-state index contributed by atoms with van der Waals surface area (Å²) in [5.41, 5.74) is 1.17. The maximum Gasteiger partial charge on any atom is 0.101 e. The van der Waals surface area contributed by atoms with E-state index in [4.69, 9.17) is 4.74 Å². The van der Waals surface area contributed by atoms with Crippen LogP contribution < -0.4 is 0 Å². The molecular weight excluding hydrogens is 212 g/mol. The molecule has 1 rings (SSSR count). The van der Waals surface area contributed by atoms with E-state index in [0.717, 1.165) is 25.9 Å². The Kier molecular flexibility index (Phi) is 7.54. The van der Waals surface area contributed by atoms with Gasteiger partial charge in [0, 0.05) is 6.61 Å². The Labute approximate surface area is 106 Å². The van der Waals surface area contributed by atoms with E-state index < -0.39 is 0 Å². The summed E-state index contributed by atoms with van der Waals surface area (Å²) < 4.78 is 5.34. The predicted octanol–water partition coefficient (Wildman–Crippen LogP) is 3.83. The van der Waals surface area contributed by atoms with Crippen LogP contribution in [0.15, 0.2) is 11.6 Å². The average molecular weight is 240 g/mol. The van der Waals surface area contributed by atoms with E-state index in [-0.39, 0.29) is 12.2 Å². The SMILES string of the molecule is CCCCCCCC=C(CC)C(O)C1CCO1. The summed E-state index contributed by atoms with van der Waals surface area (Å²) >= 11 is 0. The molecule has 2 nitrogen and oxygen atoms in total. The Morgan fingerprint density at radius 2 is 2.00 bits per heavy atom. The van der Waals surface area contributed by atoms with Crippen molar-refractivity contribution in [2.24, 2.45) is 0 Å². The molecule has 0 amide bonds. The lowest BCUT2D eigenvalue weighted by atomic mass is 9.96. The van der Waals surface area contributed by atoms with E-state index in [2.05, 4.69) is 19.9 Å². The van der Waals surface area contributed by atoms with Crippen molar-refractivity contribution >= 4 is 0 Å². The molecule has 1 fully saturated rings. The molecule has 0 radical (unpaired) electrons. The highest BCUT2D eigenvalue weighted by Gasteiger charge is 2.28. The molecule has 0 bridgehead atoms. The van der Waals surface area contributed by atoms with Crippen LogP contribution in [0.1, 0.15) is 65.2 Å². The first-order chi connectivity index (χ1) is 8.29. The molecule has 17 heavy (non-hydrogen) atoms. The van der Waals surface area contributed by atoms with Gasteiger partial charge in [-0.3, -0.25) is 0 Å². The maximum absolute atomic E-state index is 10.1. The van der Waals surface area contributed by atoms with Gasteiger partial charge in [-0.2, -0.15) is 0 Å². The number of unbranched alkanes of at least 4 members (excludes halogenated alkanes) is 5. The molecule has 1 aliphatic heterocycles. The minimum Gasteiger partial charge on any atom is -0.386 e. The first-order valence-corrected chi connectivity index (χ1v) is 7.28. The van der Waals surface area contributed by atoms with Crippen LogP contribution in [0, 0.1) is 0 Å². The average Bonchev–Trinajstić information content (AvgIpc) is 2.25. The topological polar surface area (TPSA) is 29.5 Å². The van der Waals surface area contributed by atoms with Crippen LogP contribution in [-0.4, -0.2) is 23.9 Å². The summed E-state index contributed by atoms with van der Waals surface area (Å²) in [6.07, 6.45) is 11.6. The summed E-state index contributed by atoms with van der Waals surface area (Å²) in [5, 5.41) is 10.1. The zero-order valence-corrected chi connectivity index (χ0v) is 11.5. The molecule has 2 unspecified atom stereocenters. The summed E-state index contributed by atoms with van der Waals surface area (Å²) in [4.78, 5) is 0. The van der Waals surface area contributed by atoms with Crippen molar-refractivity contribution < 1.29 is 9.84 Å². The van der Waals surface area contributed by atoms with Gasteiger partial charge in [-0.25, -0.2) is 0 Å². The van der Waals surface area contributed by atoms with Crippen molar-refractivity contribution in [1.29, 1.82) is 0 Å². The molecule has 0 spiro atoms. The molecule has 1 N–H and O–H groups in total. The van der Waals surface area contributed by atoms with Crippen LogP contribution in [0.5, 0.6) is 0 Å². The fourth-order valence-electron chi connectivity index (χ4n) is 2.25. The van der Waals surface area contributed by atoms with E-state index in [9.17, 15) is 5.11 Å². The van der Waals surface area contributed by atoms with Crippen LogP contribution >= 0.6 is 0 Å². The molecule has 0 aliphatic carbocycles. The van der Waals surface area contributed by atoms with Gasteiger partial charge < -0.3 is 9.84 Å². The number of aliphatic hydroxyl groups excluding tert-OH is 1. The molecule has 2 heteroatoms. The Balaban J connectivity index is 2.18. The lowest BCUT2D eigenvalue weighted by Gasteiger charge is -2.32. The quantitative estimate of drug-likeness (QED) is 0.490. The second-order valence-electron chi connectivity index (χ2n) is 4.98. The van der Waals surface area contributed by atoms with Gasteiger partial charge in [0.2, 0.25) is 0 Å². The number of rotatable bonds is 9. The van der Waals surface area contributed by atoms with Gasteiger partial charge in [-0.05, 0) is 31.3 Å². The lowest BCUT2D eigenvalue weighted by Crippen LogP contribution is -2.39. The molecule has 0 aromatic carbocycles. The van der Waals surface area contributed by atoms with E-state index in [1.807, 2.05) is 0 Å². The highest BCUT2D eigenvalue weighted by atomic mass is 16.5. The zero-order valence-electron chi connectivity index (χ0n) is 11.5. The molecule has 2 atom stereocenters.